The van der Waals surface area contributed by atoms with Crippen LogP contribution in [0.25, 0.3) is 0 Å². The second kappa shape index (κ2) is 14.2. The molecule has 0 saturated carbocycles. The summed E-state index contributed by atoms with van der Waals surface area (Å²) in [5.74, 6) is 0.102. The van der Waals surface area contributed by atoms with Gasteiger partial charge >= 0.3 is 11.9 Å². The van der Waals surface area contributed by atoms with E-state index in [0.29, 0.717) is 6.54 Å². The molecule has 0 heterocycles. The molecule has 0 aromatic heterocycles. The highest BCUT2D eigenvalue weighted by molar-refractivity contribution is 5.76. The van der Waals surface area contributed by atoms with Crippen molar-refractivity contribution in [1.29, 1.82) is 0 Å². The summed E-state index contributed by atoms with van der Waals surface area (Å²) in [5.41, 5.74) is 2.41. The van der Waals surface area contributed by atoms with E-state index in [9.17, 15) is 9.59 Å². The number of benzene rings is 2. The maximum atomic E-state index is 12.0. The fraction of sp³-hybridized carbons (Fsp3) is 0.462. The third-order valence-electron chi connectivity index (χ3n) is 5.13. The first kappa shape index (κ1) is 26.2. The molecule has 0 aliphatic rings. The quantitative estimate of drug-likeness (QED) is 0.320. The predicted octanol–water partition coefficient (Wildman–Crippen LogP) is 3.98. The first-order chi connectivity index (χ1) is 15.9. The number of nitrogens with zero attached hydrogens (tertiary/aromatic N) is 1. The zero-order chi connectivity index (χ0) is 24.1. The molecule has 2 aromatic carbocycles. The molecule has 7 nitrogen and oxygen atoms in total. The third-order valence-corrected chi connectivity index (χ3v) is 5.13. The van der Waals surface area contributed by atoms with Gasteiger partial charge in [-0.05, 0) is 69.1 Å². The SMILES string of the molecule is COc1ccc(CCCCc2ccccc2OCC(CN(C)C)OC(=O)CCC(=O)O)cc1. The van der Waals surface area contributed by atoms with E-state index in [1.54, 1.807) is 7.11 Å². The van der Waals surface area contributed by atoms with Crippen LogP contribution in [-0.4, -0.2) is 62.4 Å². The number of ether oxygens (including phenoxy) is 3. The highest BCUT2D eigenvalue weighted by Crippen LogP contribution is 2.21. The van der Waals surface area contributed by atoms with Gasteiger partial charge in [0.15, 0.2) is 0 Å². The van der Waals surface area contributed by atoms with Crippen LogP contribution >= 0.6 is 0 Å². The number of rotatable bonds is 15. The number of aliphatic carboxylic acids is 1. The van der Waals surface area contributed by atoms with Crippen LogP contribution in [0.15, 0.2) is 48.5 Å². The predicted molar refractivity (Wildman–Crippen MR) is 127 cm³/mol. The number of esters is 1. The number of carboxylic acid groups (broad SMARTS) is 1. The molecule has 1 atom stereocenters. The van der Waals surface area contributed by atoms with Crippen LogP contribution in [0, 0.1) is 0 Å². The minimum Gasteiger partial charge on any atom is -0.497 e. The number of carbonyl (C=O) groups is 2. The fourth-order valence-electron chi connectivity index (χ4n) is 3.46. The van der Waals surface area contributed by atoms with Gasteiger partial charge in [-0.2, -0.15) is 0 Å². The molecule has 2 aromatic rings. The Morgan fingerprint density at radius 2 is 1.67 bits per heavy atom. The van der Waals surface area contributed by atoms with Gasteiger partial charge in [-0.25, -0.2) is 0 Å². The van der Waals surface area contributed by atoms with E-state index >= 15 is 0 Å². The Morgan fingerprint density at radius 1 is 0.970 bits per heavy atom. The lowest BCUT2D eigenvalue weighted by Gasteiger charge is -2.22. The molecule has 1 unspecified atom stereocenters. The molecule has 0 bridgehead atoms. The molecular weight excluding hydrogens is 422 g/mol. The number of hydrogen-bond donors (Lipinski definition) is 1. The monoisotopic (exact) mass is 457 g/mol. The molecule has 1 N–H and O–H groups in total. The number of aryl methyl sites for hydroxylation is 2. The van der Waals surface area contributed by atoms with Crippen molar-refractivity contribution in [3.05, 3.63) is 59.7 Å². The van der Waals surface area contributed by atoms with Gasteiger partial charge in [0.1, 0.15) is 24.2 Å². The second-order valence-electron chi connectivity index (χ2n) is 8.24. The number of likely N-dealkylation sites (N-methyl/N-ethyl adjacent to an activating group) is 1. The third kappa shape index (κ3) is 10.4. The van der Waals surface area contributed by atoms with E-state index in [4.69, 9.17) is 19.3 Å². The number of para-hydroxylation sites is 1. The smallest absolute Gasteiger partial charge is 0.306 e. The Bertz CT molecular complexity index is 865. The Balaban J connectivity index is 1.86. The van der Waals surface area contributed by atoms with Gasteiger partial charge in [0.25, 0.3) is 0 Å². The number of hydrogen-bond acceptors (Lipinski definition) is 6. The van der Waals surface area contributed by atoms with Crippen molar-refractivity contribution in [3.63, 3.8) is 0 Å². The van der Waals surface area contributed by atoms with E-state index < -0.39 is 18.0 Å². The summed E-state index contributed by atoms with van der Waals surface area (Å²) in [6.45, 7) is 0.697. The van der Waals surface area contributed by atoms with Crippen LogP contribution in [0.4, 0.5) is 0 Å². The zero-order valence-electron chi connectivity index (χ0n) is 19.8. The molecule has 180 valence electrons. The Kier molecular flexibility index (Phi) is 11.2. The largest absolute Gasteiger partial charge is 0.497 e. The zero-order valence-corrected chi connectivity index (χ0v) is 19.8. The molecule has 0 saturated heterocycles. The molecular formula is C26H35NO6. The first-order valence-corrected chi connectivity index (χ1v) is 11.3. The number of methoxy groups -OCH3 is 1. The maximum Gasteiger partial charge on any atom is 0.306 e. The lowest BCUT2D eigenvalue weighted by Crippen LogP contribution is -2.35. The lowest BCUT2D eigenvalue weighted by atomic mass is 10.0. The lowest BCUT2D eigenvalue weighted by molar-refractivity contribution is -0.153. The van der Waals surface area contributed by atoms with Crippen molar-refractivity contribution in [1.82, 2.24) is 4.90 Å². The van der Waals surface area contributed by atoms with Crippen molar-refractivity contribution < 1.29 is 28.9 Å². The highest BCUT2D eigenvalue weighted by atomic mass is 16.6. The first-order valence-electron chi connectivity index (χ1n) is 11.3. The molecule has 0 fully saturated rings. The minimum absolute atomic E-state index is 0.149. The summed E-state index contributed by atoms with van der Waals surface area (Å²) in [7, 11) is 5.43. The van der Waals surface area contributed by atoms with Gasteiger partial charge in [-0.15, -0.1) is 0 Å². The topological polar surface area (TPSA) is 85.3 Å². The average Bonchev–Trinajstić information content (AvgIpc) is 2.79. The number of unbranched alkanes of at least 4 members (excludes halogenated alkanes) is 1. The Labute approximate surface area is 196 Å². The van der Waals surface area contributed by atoms with E-state index in [0.717, 1.165) is 42.7 Å². The van der Waals surface area contributed by atoms with Crippen molar-refractivity contribution in [2.75, 3.05) is 34.4 Å². The van der Waals surface area contributed by atoms with Crippen molar-refractivity contribution >= 4 is 11.9 Å². The average molecular weight is 458 g/mol. The summed E-state index contributed by atoms with van der Waals surface area (Å²) in [4.78, 5) is 24.6. The van der Waals surface area contributed by atoms with E-state index in [1.807, 2.05) is 49.3 Å². The molecule has 0 radical (unpaired) electrons. The Hall–Kier alpha value is -3.06. The van der Waals surface area contributed by atoms with Gasteiger partial charge in [-0.1, -0.05) is 30.3 Å². The molecule has 0 amide bonds. The van der Waals surface area contributed by atoms with Crippen LogP contribution in [-0.2, 0) is 27.2 Å². The summed E-state index contributed by atoms with van der Waals surface area (Å²) in [6, 6.07) is 16.1. The van der Waals surface area contributed by atoms with Crippen LogP contribution in [0.5, 0.6) is 11.5 Å². The molecule has 7 heteroatoms. The van der Waals surface area contributed by atoms with Gasteiger partial charge < -0.3 is 24.2 Å². The van der Waals surface area contributed by atoms with E-state index in [2.05, 4.69) is 18.2 Å². The second-order valence-corrected chi connectivity index (χ2v) is 8.24. The summed E-state index contributed by atoms with van der Waals surface area (Å²) < 4.78 is 16.7. The van der Waals surface area contributed by atoms with Crippen LogP contribution < -0.4 is 9.47 Å². The van der Waals surface area contributed by atoms with E-state index in [-0.39, 0.29) is 19.4 Å². The molecule has 0 aliphatic carbocycles. The van der Waals surface area contributed by atoms with Crippen molar-refractivity contribution in [2.24, 2.45) is 0 Å². The normalized spacial score (nSPS) is 11.8. The van der Waals surface area contributed by atoms with Crippen LogP contribution in [0.2, 0.25) is 0 Å². The molecule has 2 rings (SSSR count). The Morgan fingerprint density at radius 3 is 2.33 bits per heavy atom. The maximum absolute atomic E-state index is 12.0. The summed E-state index contributed by atoms with van der Waals surface area (Å²) >= 11 is 0. The number of carbonyl (C=O) groups excluding carboxylic acids is 1. The van der Waals surface area contributed by atoms with Crippen LogP contribution in [0.3, 0.4) is 0 Å². The van der Waals surface area contributed by atoms with Gasteiger partial charge in [0, 0.05) is 6.54 Å². The fourth-order valence-corrected chi connectivity index (χ4v) is 3.46. The van der Waals surface area contributed by atoms with Gasteiger partial charge in [-0.3, -0.25) is 9.59 Å². The van der Waals surface area contributed by atoms with Crippen molar-refractivity contribution in [3.8, 4) is 11.5 Å². The van der Waals surface area contributed by atoms with Crippen LogP contribution in [0.1, 0.15) is 36.8 Å². The highest BCUT2D eigenvalue weighted by Gasteiger charge is 2.18. The van der Waals surface area contributed by atoms with Gasteiger partial charge in [0.2, 0.25) is 0 Å². The number of carboxylic acids is 1. The molecule has 33 heavy (non-hydrogen) atoms. The minimum atomic E-state index is -1.02. The standard InChI is InChI=1S/C26H35NO6/c1-27(2)18-23(33-26(30)17-16-25(28)29)19-32-24-11-7-6-10-21(24)9-5-4-8-20-12-14-22(31-3)15-13-20/h6-7,10-15,23H,4-5,8-9,16-19H2,1-3H3,(H,28,29). The van der Waals surface area contributed by atoms with Crippen molar-refractivity contribution in [2.45, 2.75) is 44.6 Å². The van der Waals surface area contributed by atoms with Gasteiger partial charge in [0.05, 0.1) is 20.0 Å². The van der Waals surface area contributed by atoms with E-state index in [1.165, 1.54) is 5.56 Å². The summed E-state index contributed by atoms with van der Waals surface area (Å²) in [6.07, 6.45) is 3.11. The summed E-state index contributed by atoms with van der Waals surface area (Å²) in [5, 5.41) is 8.75. The molecule has 0 aliphatic heterocycles. The molecule has 0 spiro atoms.